The lowest BCUT2D eigenvalue weighted by atomic mass is 10.1. The van der Waals surface area contributed by atoms with Crippen molar-refractivity contribution in [2.45, 2.75) is 0 Å². The minimum absolute atomic E-state index is 0.0263. The van der Waals surface area contributed by atoms with Crippen molar-refractivity contribution >= 4 is 28.5 Å². The molecule has 0 amide bonds. The van der Waals surface area contributed by atoms with Crippen LogP contribution in [0.5, 0.6) is 0 Å². The van der Waals surface area contributed by atoms with Gasteiger partial charge in [0, 0.05) is 16.6 Å². The number of aliphatic imine (C=N–C) groups is 2. The summed E-state index contributed by atoms with van der Waals surface area (Å²) in [5.74, 6) is -0.0886. The molecular formula is C16H16N6. The molecule has 3 aromatic rings. The highest BCUT2D eigenvalue weighted by atomic mass is 15.1. The first-order chi connectivity index (χ1) is 10.6. The summed E-state index contributed by atoms with van der Waals surface area (Å²) in [5.41, 5.74) is 20.0. The van der Waals surface area contributed by atoms with Gasteiger partial charge in [0.15, 0.2) is 5.96 Å². The van der Waals surface area contributed by atoms with E-state index in [1.165, 1.54) is 5.39 Å². The van der Waals surface area contributed by atoms with Gasteiger partial charge in [-0.3, -0.25) is 0 Å². The van der Waals surface area contributed by atoms with E-state index in [2.05, 4.69) is 27.1 Å². The molecule has 0 aliphatic carbocycles. The van der Waals surface area contributed by atoms with Crippen LogP contribution in [0.25, 0.3) is 22.2 Å². The molecule has 110 valence electrons. The van der Waals surface area contributed by atoms with E-state index in [4.69, 9.17) is 17.2 Å². The third-order valence-corrected chi connectivity index (χ3v) is 3.20. The first-order valence-corrected chi connectivity index (χ1v) is 6.74. The van der Waals surface area contributed by atoms with Gasteiger partial charge < -0.3 is 22.2 Å². The van der Waals surface area contributed by atoms with E-state index < -0.39 is 0 Å². The number of fused-ring (bicyclic) bond motifs is 1. The van der Waals surface area contributed by atoms with Crippen LogP contribution in [-0.2, 0) is 0 Å². The standard InChI is InChI=1S/C16H16N6/c17-15(18)22-16(19)20-12-7-5-10(6-8-12)14-9-11-3-1-2-4-13(11)21-14/h1-9,21H,(H6,17,18,19,20,22). The summed E-state index contributed by atoms with van der Waals surface area (Å²) >= 11 is 0. The Hall–Kier alpha value is -3.28. The quantitative estimate of drug-likeness (QED) is 0.427. The highest BCUT2D eigenvalue weighted by molar-refractivity contribution is 5.93. The number of para-hydroxylation sites is 1. The number of hydrogen-bond acceptors (Lipinski definition) is 1. The Morgan fingerprint density at radius 2 is 1.64 bits per heavy atom. The van der Waals surface area contributed by atoms with Gasteiger partial charge >= 0.3 is 0 Å². The smallest absolute Gasteiger partial charge is 0.223 e. The molecule has 6 heteroatoms. The van der Waals surface area contributed by atoms with Crippen LogP contribution < -0.4 is 17.2 Å². The van der Waals surface area contributed by atoms with E-state index in [1.54, 1.807) is 0 Å². The van der Waals surface area contributed by atoms with Crippen LogP contribution in [-0.4, -0.2) is 16.9 Å². The van der Waals surface area contributed by atoms with Crippen LogP contribution in [0.4, 0.5) is 5.69 Å². The van der Waals surface area contributed by atoms with Crippen LogP contribution in [0.15, 0.2) is 64.6 Å². The number of guanidine groups is 2. The van der Waals surface area contributed by atoms with E-state index in [0.29, 0.717) is 5.69 Å². The fraction of sp³-hybridized carbons (Fsp3) is 0. The van der Waals surface area contributed by atoms with Crippen molar-refractivity contribution in [3.8, 4) is 11.3 Å². The minimum Gasteiger partial charge on any atom is -0.370 e. The number of aromatic amines is 1. The molecule has 0 unspecified atom stereocenters. The van der Waals surface area contributed by atoms with Crippen molar-refractivity contribution in [1.29, 1.82) is 0 Å². The topological polar surface area (TPSA) is 119 Å². The number of aromatic nitrogens is 1. The van der Waals surface area contributed by atoms with Gasteiger partial charge in [-0.15, -0.1) is 0 Å². The Balaban J connectivity index is 1.89. The van der Waals surface area contributed by atoms with E-state index in [0.717, 1.165) is 16.8 Å². The van der Waals surface area contributed by atoms with Gasteiger partial charge in [0.25, 0.3) is 0 Å². The normalized spacial score (nSPS) is 11.5. The number of benzene rings is 2. The number of nitrogens with two attached hydrogens (primary N) is 3. The zero-order valence-electron chi connectivity index (χ0n) is 11.8. The third kappa shape index (κ3) is 2.90. The Kier molecular flexibility index (Phi) is 3.49. The fourth-order valence-electron chi connectivity index (χ4n) is 2.23. The van der Waals surface area contributed by atoms with E-state index in [-0.39, 0.29) is 11.9 Å². The minimum atomic E-state index is -0.115. The molecule has 0 spiro atoms. The van der Waals surface area contributed by atoms with Crippen LogP contribution in [0.3, 0.4) is 0 Å². The predicted octanol–water partition coefficient (Wildman–Crippen LogP) is 2.05. The Bertz CT molecular complexity index is 821. The van der Waals surface area contributed by atoms with Crippen LogP contribution in [0.1, 0.15) is 0 Å². The molecule has 6 nitrogen and oxygen atoms in total. The molecule has 0 bridgehead atoms. The second kappa shape index (κ2) is 5.61. The summed E-state index contributed by atoms with van der Waals surface area (Å²) in [6, 6.07) is 17.9. The third-order valence-electron chi connectivity index (χ3n) is 3.20. The van der Waals surface area contributed by atoms with Gasteiger partial charge in [-0.1, -0.05) is 30.3 Å². The molecule has 0 radical (unpaired) electrons. The summed E-state index contributed by atoms with van der Waals surface area (Å²) in [5, 5.41) is 1.18. The van der Waals surface area contributed by atoms with Crippen molar-refractivity contribution in [1.82, 2.24) is 4.98 Å². The second-order valence-corrected chi connectivity index (χ2v) is 4.82. The molecule has 7 N–H and O–H groups in total. The summed E-state index contributed by atoms with van der Waals surface area (Å²) in [6.07, 6.45) is 0. The number of nitrogens with one attached hydrogen (secondary N) is 1. The SMILES string of the molecule is NC(N)=NC(N)=Nc1ccc(-c2cc3ccccc3[nH]2)cc1. The highest BCUT2D eigenvalue weighted by Crippen LogP contribution is 2.25. The molecule has 1 aromatic heterocycles. The van der Waals surface area contributed by atoms with E-state index in [1.807, 2.05) is 42.5 Å². The number of rotatable bonds is 2. The fourth-order valence-corrected chi connectivity index (χ4v) is 2.23. The van der Waals surface area contributed by atoms with Crippen molar-refractivity contribution in [3.63, 3.8) is 0 Å². The molecule has 0 saturated heterocycles. The van der Waals surface area contributed by atoms with Crippen LogP contribution in [0, 0.1) is 0 Å². The summed E-state index contributed by atoms with van der Waals surface area (Å²) in [7, 11) is 0. The maximum Gasteiger partial charge on any atom is 0.223 e. The molecule has 0 aliphatic heterocycles. The zero-order valence-corrected chi connectivity index (χ0v) is 11.8. The first kappa shape index (κ1) is 13.7. The molecule has 22 heavy (non-hydrogen) atoms. The van der Waals surface area contributed by atoms with Gasteiger partial charge in [-0.25, -0.2) is 4.99 Å². The lowest BCUT2D eigenvalue weighted by Crippen LogP contribution is -2.26. The lowest BCUT2D eigenvalue weighted by molar-refractivity contribution is 1.38. The average Bonchev–Trinajstić information content (AvgIpc) is 2.91. The largest absolute Gasteiger partial charge is 0.370 e. The second-order valence-electron chi connectivity index (χ2n) is 4.82. The molecule has 0 saturated carbocycles. The van der Waals surface area contributed by atoms with Crippen molar-refractivity contribution in [2.75, 3.05) is 0 Å². The Morgan fingerprint density at radius 3 is 2.32 bits per heavy atom. The maximum atomic E-state index is 5.60. The summed E-state index contributed by atoms with van der Waals surface area (Å²) in [6.45, 7) is 0. The number of H-pyrrole nitrogens is 1. The molecule has 0 atom stereocenters. The molecule has 0 fully saturated rings. The van der Waals surface area contributed by atoms with E-state index >= 15 is 0 Å². The maximum absolute atomic E-state index is 5.60. The van der Waals surface area contributed by atoms with Crippen LogP contribution in [0.2, 0.25) is 0 Å². The van der Waals surface area contributed by atoms with E-state index in [9.17, 15) is 0 Å². The monoisotopic (exact) mass is 292 g/mol. The lowest BCUT2D eigenvalue weighted by Gasteiger charge is -2.00. The van der Waals surface area contributed by atoms with Crippen molar-refractivity contribution < 1.29 is 0 Å². The Morgan fingerprint density at radius 1 is 0.909 bits per heavy atom. The highest BCUT2D eigenvalue weighted by Gasteiger charge is 2.03. The average molecular weight is 292 g/mol. The summed E-state index contributed by atoms with van der Waals surface area (Å²) < 4.78 is 0. The summed E-state index contributed by atoms with van der Waals surface area (Å²) in [4.78, 5) is 11.2. The molecule has 0 aliphatic rings. The van der Waals surface area contributed by atoms with Gasteiger partial charge in [-0.05, 0) is 29.8 Å². The predicted molar refractivity (Wildman–Crippen MR) is 90.8 cm³/mol. The Labute approximate surface area is 127 Å². The molecule has 3 rings (SSSR count). The van der Waals surface area contributed by atoms with Gasteiger partial charge in [0.2, 0.25) is 5.96 Å². The molecule has 2 aromatic carbocycles. The number of nitrogens with zero attached hydrogens (tertiary/aromatic N) is 2. The van der Waals surface area contributed by atoms with Gasteiger partial charge in [0.1, 0.15) is 0 Å². The molecular weight excluding hydrogens is 276 g/mol. The van der Waals surface area contributed by atoms with Crippen molar-refractivity contribution in [2.24, 2.45) is 27.2 Å². The number of hydrogen-bond donors (Lipinski definition) is 4. The van der Waals surface area contributed by atoms with Crippen LogP contribution >= 0.6 is 0 Å². The molecule has 1 heterocycles. The van der Waals surface area contributed by atoms with Gasteiger partial charge in [0.05, 0.1) is 5.69 Å². The zero-order chi connectivity index (χ0) is 15.5. The first-order valence-electron chi connectivity index (χ1n) is 6.74. The van der Waals surface area contributed by atoms with Gasteiger partial charge in [-0.2, -0.15) is 4.99 Å². The van der Waals surface area contributed by atoms with Crippen molar-refractivity contribution in [3.05, 3.63) is 54.6 Å².